The molecule has 31 heavy (non-hydrogen) atoms. The zero-order valence-corrected chi connectivity index (χ0v) is 17.8. The van der Waals surface area contributed by atoms with Gasteiger partial charge in [-0.2, -0.15) is 15.0 Å². The van der Waals surface area contributed by atoms with E-state index in [9.17, 15) is 4.39 Å². The second-order valence-electron chi connectivity index (χ2n) is 7.14. The molecule has 0 saturated carbocycles. The van der Waals surface area contributed by atoms with Gasteiger partial charge in [0.25, 0.3) is 0 Å². The van der Waals surface area contributed by atoms with Gasteiger partial charge in [0.1, 0.15) is 17.4 Å². The molecule has 2 aromatic carbocycles. The highest BCUT2D eigenvalue weighted by Gasteiger charge is 2.19. The molecule has 0 spiro atoms. The molecule has 0 amide bonds. The molecule has 1 aromatic heterocycles. The van der Waals surface area contributed by atoms with E-state index in [1.54, 1.807) is 37.4 Å². The fourth-order valence-electron chi connectivity index (χ4n) is 3.48. The summed E-state index contributed by atoms with van der Waals surface area (Å²) in [6.45, 7) is 3.86. The number of nitrogens with two attached hydrogens (primary N) is 1. The highest BCUT2D eigenvalue weighted by Crippen LogP contribution is 2.29. The van der Waals surface area contributed by atoms with Crippen LogP contribution in [0.15, 0.2) is 42.5 Å². The van der Waals surface area contributed by atoms with Crippen molar-refractivity contribution in [2.24, 2.45) is 0 Å². The second-order valence-corrected chi connectivity index (χ2v) is 7.58. The molecule has 162 valence electrons. The first-order valence-corrected chi connectivity index (χ1v) is 10.2. The number of nitrogens with zero attached hydrogens (tertiary/aromatic N) is 5. The van der Waals surface area contributed by atoms with Crippen molar-refractivity contribution < 1.29 is 9.13 Å². The molecule has 0 bridgehead atoms. The van der Waals surface area contributed by atoms with Crippen LogP contribution in [0.1, 0.15) is 5.82 Å². The van der Waals surface area contributed by atoms with E-state index in [0.717, 1.165) is 31.9 Å². The largest absolute Gasteiger partial charge is 0.495 e. The quantitative estimate of drug-likeness (QED) is 0.599. The number of rotatable bonds is 6. The zero-order chi connectivity index (χ0) is 21.8. The normalized spacial score (nSPS) is 14.5. The van der Waals surface area contributed by atoms with Crippen LogP contribution in [0.3, 0.4) is 0 Å². The molecule has 4 rings (SSSR count). The molecule has 0 radical (unpaired) electrons. The summed E-state index contributed by atoms with van der Waals surface area (Å²) in [5.41, 5.74) is 7.57. The molecule has 0 atom stereocenters. The van der Waals surface area contributed by atoms with Crippen molar-refractivity contribution in [3.05, 3.63) is 59.1 Å². The first-order valence-electron chi connectivity index (χ1n) is 9.84. The van der Waals surface area contributed by atoms with Gasteiger partial charge in [-0.05, 0) is 42.5 Å². The van der Waals surface area contributed by atoms with Crippen molar-refractivity contribution in [1.29, 1.82) is 0 Å². The number of nitrogen functional groups attached to an aromatic ring is 1. The van der Waals surface area contributed by atoms with Crippen LogP contribution in [0, 0.1) is 5.82 Å². The van der Waals surface area contributed by atoms with E-state index in [0.29, 0.717) is 34.8 Å². The Morgan fingerprint density at radius 3 is 2.52 bits per heavy atom. The van der Waals surface area contributed by atoms with Crippen LogP contribution in [-0.4, -0.2) is 53.1 Å². The molecule has 3 aromatic rings. The summed E-state index contributed by atoms with van der Waals surface area (Å²) in [6.07, 6.45) is 0. The fourth-order valence-corrected chi connectivity index (χ4v) is 3.65. The standard InChI is InChI=1S/C21H23ClFN7O/c1-31-18-7-2-14(22)12-17(18)25-21-27-19(26-20(24)28-21)13-29-8-10-30(11-9-29)16-5-3-15(23)4-6-16/h2-7,12H,8-11,13H2,1H3,(H3,24,25,26,27,28). The molecular formula is C21H23ClFN7O. The molecule has 1 saturated heterocycles. The number of halogens is 2. The molecule has 1 aliphatic rings. The summed E-state index contributed by atoms with van der Waals surface area (Å²) in [5.74, 6) is 1.43. The average molecular weight is 444 g/mol. The van der Waals surface area contributed by atoms with Gasteiger partial charge in [-0.1, -0.05) is 11.6 Å². The van der Waals surface area contributed by atoms with Crippen LogP contribution in [0.5, 0.6) is 5.75 Å². The van der Waals surface area contributed by atoms with Gasteiger partial charge < -0.3 is 20.7 Å². The van der Waals surface area contributed by atoms with E-state index < -0.39 is 0 Å². The van der Waals surface area contributed by atoms with Crippen LogP contribution >= 0.6 is 11.6 Å². The van der Waals surface area contributed by atoms with Gasteiger partial charge in [-0.25, -0.2) is 4.39 Å². The Morgan fingerprint density at radius 2 is 1.81 bits per heavy atom. The summed E-state index contributed by atoms with van der Waals surface area (Å²) < 4.78 is 18.5. The summed E-state index contributed by atoms with van der Waals surface area (Å²) in [5, 5.41) is 3.67. The maximum atomic E-state index is 13.1. The smallest absolute Gasteiger partial charge is 0.232 e. The Bertz CT molecular complexity index is 1040. The van der Waals surface area contributed by atoms with Crippen molar-refractivity contribution in [3.8, 4) is 5.75 Å². The van der Waals surface area contributed by atoms with Gasteiger partial charge >= 0.3 is 0 Å². The van der Waals surface area contributed by atoms with Crippen molar-refractivity contribution in [3.63, 3.8) is 0 Å². The Balaban J connectivity index is 1.41. The molecule has 10 heteroatoms. The van der Waals surface area contributed by atoms with Crippen molar-refractivity contribution in [1.82, 2.24) is 19.9 Å². The molecule has 2 heterocycles. The van der Waals surface area contributed by atoms with E-state index in [4.69, 9.17) is 22.1 Å². The minimum Gasteiger partial charge on any atom is -0.495 e. The van der Waals surface area contributed by atoms with E-state index >= 15 is 0 Å². The molecule has 3 N–H and O–H groups in total. The maximum Gasteiger partial charge on any atom is 0.232 e. The van der Waals surface area contributed by atoms with Crippen molar-refractivity contribution >= 4 is 34.9 Å². The van der Waals surface area contributed by atoms with E-state index in [-0.39, 0.29) is 11.8 Å². The Hall–Kier alpha value is -3.17. The van der Waals surface area contributed by atoms with Crippen LogP contribution in [0.4, 0.5) is 27.7 Å². The molecule has 1 aliphatic heterocycles. The Kier molecular flexibility index (Phi) is 6.34. The highest BCUT2D eigenvalue weighted by molar-refractivity contribution is 6.31. The van der Waals surface area contributed by atoms with E-state index in [1.165, 1.54) is 12.1 Å². The number of anilines is 4. The number of piperazine rings is 1. The first-order chi connectivity index (χ1) is 15.0. The Morgan fingerprint density at radius 1 is 1.06 bits per heavy atom. The molecule has 0 aliphatic carbocycles. The summed E-state index contributed by atoms with van der Waals surface area (Å²) >= 11 is 6.09. The Labute approximate surface area is 184 Å². The molecule has 0 unspecified atom stereocenters. The lowest BCUT2D eigenvalue weighted by Gasteiger charge is -2.35. The van der Waals surface area contributed by atoms with Gasteiger partial charge in [-0.3, -0.25) is 4.90 Å². The minimum absolute atomic E-state index is 0.137. The zero-order valence-electron chi connectivity index (χ0n) is 17.1. The number of hydrogen-bond acceptors (Lipinski definition) is 8. The van der Waals surface area contributed by atoms with Gasteiger partial charge in [0.15, 0.2) is 0 Å². The topological polar surface area (TPSA) is 92.4 Å². The summed E-state index contributed by atoms with van der Waals surface area (Å²) in [6, 6.07) is 11.8. The third-order valence-corrected chi connectivity index (χ3v) is 5.27. The highest BCUT2D eigenvalue weighted by atomic mass is 35.5. The predicted octanol–water partition coefficient (Wildman–Crippen LogP) is 3.32. The number of ether oxygens (including phenoxy) is 1. The van der Waals surface area contributed by atoms with Crippen LogP contribution in [-0.2, 0) is 6.54 Å². The lowest BCUT2D eigenvalue weighted by atomic mass is 10.2. The molecular weight excluding hydrogens is 421 g/mol. The van der Waals surface area contributed by atoms with Crippen LogP contribution in [0.25, 0.3) is 0 Å². The van der Waals surface area contributed by atoms with E-state index in [1.807, 2.05) is 0 Å². The van der Waals surface area contributed by atoms with Gasteiger partial charge in [0.05, 0.1) is 19.3 Å². The SMILES string of the molecule is COc1ccc(Cl)cc1Nc1nc(N)nc(CN2CCN(c3ccc(F)cc3)CC2)n1. The summed E-state index contributed by atoms with van der Waals surface area (Å²) in [4.78, 5) is 17.4. The number of nitrogens with one attached hydrogen (secondary N) is 1. The van der Waals surface area contributed by atoms with E-state index in [2.05, 4.69) is 30.1 Å². The van der Waals surface area contributed by atoms with Crippen molar-refractivity contribution in [2.45, 2.75) is 6.54 Å². The maximum absolute atomic E-state index is 13.1. The minimum atomic E-state index is -0.227. The van der Waals surface area contributed by atoms with Crippen LogP contribution < -0.4 is 20.7 Å². The van der Waals surface area contributed by atoms with Gasteiger partial charge in [0.2, 0.25) is 11.9 Å². The van der Waals surface area contributed by atoms with Crippen LogP contribution in [0.2, 0.25) is 5.02 Å². The fraction of sp³-hybridized carbons (Fsp3) is 0.286. The molecule has 8 nitrogen and oxygen atoms in total. The number of benzene rings is 2. The number of hydrogen-bond donors (Lipinski definition) is 2. The monoisotopic (exact) mass is 443 g/mol. The predicted molar refractivity (Wildman–Crippen MR) is 119 cm³/mol. The van der Waals surface area contributed by atoms with Gasteiger partial charge in [-0.15, -0.1) is 0 Å². The second kappa shape index (κ2) is 9.32. The lowest BCUT2D eigenvalue weighted by molar-refractivity contribution is 0.244. The average Bonchev–Trinajstić information content (AvgIpc) is 2.75. The summed E-state index contributed by atoms with van der Waals surface area (Å²) in [7, 11) is 1.58. The lowest BCUT2D eigenvalue weighted by Crippen LogP contribution is -2.46. The number of methoxy groups -OCH3 is 1. The van der Waals surface area contributed by atoms with Gasteiger partial charge in [0, 0.05) is 36.9 Å². The van der Waals surface area contributed by atoms with Crippen molar-refractivity contribution in [2.75, 3.05) is 49.2 Å². The first kappa shape index (κ1) is 21.1. The third-order valence-electron chi connectivity index (χ3n) is 5.04. The third kappa shape index (κ3) is 5.31. The number of aromatic nitrogens is 3. The molecule has 1 fully saturated rings.